The van der Waals surface area contributed by atoms with E-state index < -0.39 is 0 Å². The molecule has 0 aliphatic carbocycles. The van der Waals surface area contributed by atoms with Crippen LogP contribution in [0.1, 0.15) is 26.7 Å². The first-order valence-electron chi connectivity index (χ1n) is 5.42. The average Bonchev–Trinajstić information content (AvgIpc) is 2.54. The fourth-order valence-electron chi connectivity index (χ4n) is 2.39. The van der Waals surface area contributed by atoms with E-state index in [0.29, 0.717) is 18.9 Å². The molecule has 0 aromatic heterocycles. The van der Waals surface area contributed by atoms with Crippen molar-refractivity contribution >= 4 is 17.7 Å². The van der Waals surface area contributed by atoms with Crippen LogP contribution in [0.15, 0.2) is 0 Å². The Morgan fingerprint density at radius 3 is 2.73 bits per heavy atom. The second-order valence-electron chi connectivity index (χ2n) is 4.62. The fourth-order valence-corrected chi connectivity index (χ4v) is 3.82. The van der Waals surface area contributed by atoms with Crippen molar-refractivity contribution in [1.82, 2.24) is 0 Å². The SMILES string of the molecule is COC(=O)CC(CN)C1CCSC1(C)C. The lowest BCUT2D eigenvalue weighted by molar-refractivity contribution is -0.142. The maximum absolute atomic E-state index is 11.3. The lowest BCUT2D eigenvalue weighted by atomic mass is 9.79. The Morgan fingerprint density at radius 1 is 1.67 bits per heavy atom. The molecule has 0 radical (unpaired) electrons. The lowest BCUT2D eigenvalue weighted by Crippen LogP contribution is -2.35. The van der Waals surface area contributed by atoms with Crippen LogP contribution < -0.4 is 5.73 Å². The summed E-state index contributed by atoms with van der Waals surface area (Å²) in [5, 5.41) is 0. The maximum Gasteiger partial charge on any atom is 0.305 e. The summed E-state index contributed by atoms with van der Waals surface area (Å²) in [6, 6.07) is 0. The molecular formula is C11H21NO2S. The first-order chi connectivity index (χ1) is 7.01. The first-order valence-corrected chi connectivity index (χ1v) is 6.40. The zero-order chi connectivity index (χ0) is 11.5. The zero-order valence-corrected chi connectivity index (χ0v) is 10.6. The van der Waals surface area contributed by atoms with Gasteiger partial charge >= 0.3 is 5.97 Å². The normalized spacial score (nSPS) is 26.3. The molecule has 0 amide bonds. The van der Waals surface area contributed by atoms with E-state index in [0.717, 1.165) is 6.42 Å². The third-order valence-electron chi connectivity index (χ3n) is 3.32. The average molecular weight is 231 g/mol. The maximum atomic E-state index is 11.3. The number of carbonyl (C=O) groups is 1. The zero-order valence-electron chi connectivity index (χ0n) is 9.79. The van der Waals surface area contributed by atoms with Gasteiger partial charge in [0.2, 0.25) is 0 Å². The van der Waals surface area contributed by atoms with Gasteiger partial charge in [0.25, 0.3) is 0 Å². The van der Waals surface area contributed by atoms with Crippen LogP contribution in [0, 0.1) is 11.8 Å². The Bertz CT molecular complexity index is 231. The number of hydrogen-bond donors (Lipinski definition) is 1. The molecule has 0 aromatic rings. The van der Waals surface area contributed by atoms with Crippen LogP contribution in [0.2, 0.25) is 0 Å². The molecule has 2 atom stereocenters. The summed E-state index contributed by atoms with van der Waals surface area (Å²) in [6.45, 7) is 5.06. The third kappa shape index (κ3) is 3.11. The topological polar surface area (TPSA) is 52.3 Å². The Hall–Kier alpha value is -0.220. The monoisotopic (exact) mass is 231 g/mol. The molecule has 0 spiro atoms. The Morgan fingerprint density at radius 2 is 2.33 bits per heavy atom. The van der Waals surface area contributed by atoms with Crippen molar-refractivity contribution in [1.29, 1.82) is 0 Å². The summed E-state index contributed by atoms with van der Waals surface area (Å²) in [7, 11) is 1.43. The van der Waals surface area contributed by atoms with Gasteiger partial charge in [-0.1, -0.05) is 13.8 Å². The minimum Gasteiger partial charge on any atom is -0.469 e. The van der Waals surface area contributed by atoms with E-state index in [-0.39, 0.29) is 16.6 Å². The van der Waals surface area contributed by atoms with E-state index >= 15 is 0 Å². The van der Waals surface area contributed by atoms with Crippen molar-refractivity contribution in [2.75, 3.05) is 19.4 Å². The molecule has 1 aliphatic rings. The molecule has 0 aromatic carbocycles. The highest BCUT2D eigenvalue weighted by molar-refractivity contribution is 8.00. The summed E-state index contributed by atoms with van der Waals surface area (Å²) in [5.74, 6) is 1.84. The predicted octanol–water partition coefficient (Wildman–Crippen LogP) is 1.66. The number of carbonyl (C=O) groups excluding carboxylic acids is 1. The largest absolute Gasteiger partial charge is 0.469 e. The Balaban J connectivity index is 2.62. The first kappa shape index (κ1) is 12.8. The molecule has 15 heavy (non-hydrogen) atoms. The smallest absolute Gasteiger partial charge is 0.305 e. The van der Waals surface area contributed by atoms with Gasteiger partial charge in [-0.15, -0.1) is 0 Å². The molecule has 1 rings (SSSR count). The van der Waals surface area contributed by atoms with Crippen LogP contribution in [0.5, 0.6) is 0 Å². The van der Waals surface area contributed by atoms with Crippen LogP contribution in [0.4, 0.5) is 0 Å². The highest BCUT2D eigenvalue weighted by Crippen LogP contribution is 2.46. The Kier molecular flexibility index (Phi) is 4.46. The molecule has 2 N–H and O–H groups in total. The number of rotatable bonds is 4. The number of nitrogens with two attached hydrogens (primary N) is 1. The molecule has 1 heterocycles. The second kappa shape index (κ2) is 5.21. The Labute approximate surface area is 96.1 Å². The molecule has 1 saturated heterocycles. The van der Waals surface area contributed by atoms with Crippen molar-refractivity contribution < 1.29 is 9.53 Å². The molecule has 4 heteroatoms. The van der Waals surface area contributed by atoms with Gasteiger partial charge in [0.15, 0.2) is 0 Å². The second-order valence-corrected chi connectivity index (χ2v) is 6.37. The number of ether oxygens (including phenoxy) is 1. The molecule has 0 saturated carbocycles. The number of hydrogen-bond acceptors (Lipinski definition) is 4. The van der Waals surface area contributed by atoms with E-state index in [1.54, 1.807) is 0 Å². The molecule has 3 nitrogen and oxygen atoms in total. The number of methoxy groups -OCH3 is 1. The van der Waals surface area contributed by atoms with Gasteiger partial charge in [-0.25, -0.2) is 0 Å². The number of esters is 1. The highest BCUT2D eigenvalue weighted by atomic mass is 32.2. The van der Waals surface area contributed by atoms with E-state index in [1.165, 1.54) is 12.9 Å². The molecule has 1 fully saturated rings. The van der Waals surface area contributed by atoms with Gasteiger partial charge in [-0.3, -0.25) is 4.79 Å². The van der Waals surface area contributed by atoms with Crippen LogP contribution in [0.25, 0.3) is 0 Å². The minimum atomic E-state index is -0.141. The molecule has 0 bridgehead atoms. The van der Waals surface area contributed by atoms with Crippen molar-refractivity contribution in [2.45, 2.75) is 31.4 Å². The van der Waals surface area contributed by atoms with E-state index in [4.69, 9.17) is 10.5 Å². The van der Waals surface area contributed by atoms with Crippen LogP contribution in [0.3, 0.4) is 0 Å². The molecule has 1 aliphatic heterocycles. The summed E-state index contributed by atoms with van der Waals surface area (Å²) in [6.07, 6.45) is 1.62. The predicted molar refractivity (Wildman–Crippen MR) is 63.8 cm³/mol. The van der Waals surface area contributed by atoms with Gasteiger partial charge < -0.3 is 10.5 Å². The van der Waals surface area contributed by atoms with Gasteiger partial charge in [0, 0.05) is 11.2 Å². The lowest BCUT2D eigenvalue weighted by Gasteiger charge is -2.32. The van der Waals surface area contributed by atoms with Gasteiger partial charge in [0.1, 0.15) is 0 Å². The van der Waals surface area contributed by atoms with Crippen molar-refractivity contribution in [3.8, 4) is 0 Å². The van der Waals surface area contributed by atoms with Crippen molar-refractivity contribution in [2.24, 2.45) is 17.6 Å². The summed E-state index contributed by atoms with van der Waals surface area (Å²) < 4.78 is 4.96. The van der Waals surface area contributed by atoms with E-state index in [1.807, 2.05) is 11.8 Å². The standard InChI is InChI=1S/C11H21NO2S/c1-11(2)9(4-5-15-11)8(7-12)6-10(13)14-3/h8-9H,4-7,12H2,1-3H3. The summed E-state index contributed by atoms with van der Waals surface area (Å²) in [5.41, 5.74) is 5.76. The summed E-state index contributed by atoms with van der Waals surface area (Å²) >= 11 is 1.98. The van der Waals surface area contributed by atoms with E-state index in [9.17, 15) is 4.79 Å². The van der Waals surface area contributed by atoms with Gasteiger partial charge in [-0.05, 0) is 30.6 Å². The molecule has 2 unspecified atom stereocenters. The van der Waals surface area contributed by atoms with Crippen LogP contribution in [-0.4, -0.2) is 30.1 Å². The van der Waals surface area contributed by atoms with Crippen molar-refractivity contribution in [3.63, 3.8) is 0 Å². The van der Waals surface area contributed by atoms with E-state index in [2.05, 4.69) is 13.8 Å². The quantitative estimate of drug-likeness (QED) is 0.748. The minimum absolute atomic E-state index is 0.141. The summed E-state index contributed by atoms with van der Waals surface area (Å²) in [4.78, 5) is 11.3. The van der Waals surface area contributed by atoms with Crippen LogP contribution >= 0.6 is 11.8 Å². The number of thioether (sulfide) groups is 1. The highest BCUT2D eigenvalue weighted by Gasteiger charge is 2.40. The van der Waals surface area contributed by atoms with Gasteiger partial charge in [-0.2, -0.15) is 11.8 Å². The van der Waals surface area contributed by atoms with Crippen LogP contribution in [-0.2, 0) is 9.53 Å². The molecule has 88 valence electrons. The third-order valence-corrected chi connectivity index (χ3v) is 4.81. The van der Waals surface area contributed by atoms with Gasteiger partial charge in [0.05, 0.1) is 7.11 Å². The fraction of sp³-hybridized carbons (Fsp3) is 0.909. The molecular weight excluding hydrogens is 210 g/mol. The van der Waals surface area contributed by atoms with Crippen molar-refractivity contribution in [3.05, 3.63) is 0 Å².